The molecule has 1 aromatic carbocycles. The van der Waals surface area contributed by atoms with E-state index in [1.54, 1.807) is 0 Å². The Hall–Kier alpha value is -1.06. The molecule has 1 heterocycles. The lowest BCUT2D eigenvalue weighted by Crippen LogP contribution is -2.32. The molecule has 0 spiro atoms. The number of ether oxygens (including phenoxy) is 2. The van der Waals surface area contributed by atoms with Gasteiger partial charge < -0.3 is 14.4 Å². The van der Waals surface area contributed by atoms with Gasteiger partial charge >= 0.3 is 0 Å². The Labute approximate surface area is 116 Å². The lowest BCUT2D eigenvalue weighted by Gasteiger charge is -2.29. The van der Waals surface area contributed by atoms with Gasteiger partial charge in [-0.1, -0.05) is 31.5 Å². The van der Waals surface area contributed by atoms with Gasteiger partial charge in [-0.15, -0.1) is 0 Å². The van der Waals surface area contributed by atoms with Crippen LogP contribution in [0.15, 0.2) is 30.3 Å². The maximum atomic E-state index is 5.62. The first-order chi connectivity index (χ1) is 9.40. The highest BCUT2D eigenvalue weighted by molar-refractivity contribution is 5.45. The van der Waals surface area contributed by atoms with Gasteiger partial charge in [-0.3, -0.25) is 0 Å². The molecule has 1 aliphatic rings. The van der Waals surface area contributed by atoms with E-state index in [-0.39, 0.29) is 6.29 Å². The smallest absolute Gasteiger partial charge is 0.159 e. The molecule has 0 aliphatic carbocycles. The van der Waals surface area contributed by atoms with Crippen LogP contribution in [-0.4, -0.2) is 32.6 Å². The van der Waals surface area contributed by atoms with Crippen LogP contribution in [0.2, 0.25) is 0 Å². The van der Waals surface area contributed by atoms with Crippen molar-refractivity contribution >= 4 is 5.69 Å². The summed E-state index contributed by atoms with van der Waals surface area (Å²) in [6.07, 6.45) is 4.40. The number of rotatable bonds is 7. The van der Waals surface area contributed by atoms with Crippen LogP contribution >= 0.6 is 0 Å². The van der Waals surface area contributed by atoms with Gasteiger partial charge in [-0.25, -0.2) is 0 Å². The van der Waals surface area contributed by atoms with Crippen molar-refractivity contribution < 1.29 is 9.47 Å². The lowest BCUT2D eigenvalue weighted by atomic mass is 10.2. The number of hydrogen-bond acceptors (Lipinski definition) is 3. The van der Waals surface area contributed by atoms with Gasteiger partial charge in [0.05, 0.1) is 13.2 Å². The van der Waals surface area contributed by atoms with Crippen molar-refractivity contribution in [2.45, 2.75) is 38.9 Å². The molecular formula is C16H25NO2. The van der Waals surface area contributed by atoms with Crippen molar-refractivity contribution in [1.29, 1.82) is 0 Å². The van der Waals surface area contributed by atoms with Gasteiger partial charge in [-0.2, -0.15) is 0 Å². The third-order valence-corrected chi connectivity index (χ3v) is 3.43. The van der Waals surface area contributed by atoms with E-state index in [1.807, 2.05) is 0 Å². The van der Waals surface area contributed by atoms with E-state index in [1.165, 1.54) is 18.5 Å². The highest BCUT2D eigenvalue weighted by Gasteiger charge is 2.15. The molecule has 0 atom stereocenters. The Balaban J connectivity index is 1.86. The standard InChI is InChI=1S/C16H25NO2/c1-2-3-11-17(15-8-5-4-6-9-15)12-10-16-18-13-7-14-19-16/h4-6,8-9,16H,2-3,7,10-14H2,1H3. The number of unbranched alkanes of at least 4 members (excludes halogenated alkanes) is 1. The number of nitrogens with zero attached hydrogens (tertiary/aromatic N) is 1. The van der Waals surface area contributed by atoms with Crippen LogP contribution in [0.3, 0.4) is 0 Å². The zero-order valence-electron chi connectivity index (χ0n) is 11.9. The minimum absolute atomic E-state index is 0.0124. The minimum Gasteiger partial charge on any atom is -0.371 e. The van der Waals surface area contributed by atoms with E-state index in [0.29, 0.717) is 0 Å². The highest BCUT2D eigenvalue weighted by atomic mass is 16.7. The summed E-state index contributed by atoms with van der Waals surface area (Å²) in [5.41, 5.74) is 1.30. The molecule has 106 valence electrons. The quantitative estimate of drug-likeness (QED) is 0.752. The summed E-state index contributed by atoms with van der Waals surface area (Å²) in [4.78, 5) is 2.44. The Kier molecular flexibility index (Phi) is 6.18. The summed E-state index contributed by atoms with van der Waals surface area (Å²) in [6.45, 7) is 6.01. The van der Waals surface area contributed by atoms with E-state index in [0.717, 1.165) is 39.1 Å². The van der Waals surface area contributed by atoms with Gasteiger partial charge in [0.25, 0.3) is 0 Å². The molecule has 0 saturated carbocycles. The van der Waals surface area contributed by atoms with Crippen molar-refractivity contribution in [3.63, 3.8) is 0 Å². The monoisotopic (exact) mass is 263 g/mol. The van der Waals surface area contributed by atoms with Crippen LogP contribution in [0.1, 0.15) is 32.6 Å². The van der Waals surface area contributed by atoms with Gasteiger partial charge in [0.2, 0.25) is 0 Å². The van der Waals surface area contributed by atoms with E-state index < -0.39 is 0 Å². The van der Waals surface area contributed by atoms with Crippen LogP contribution in [-0.2, 0) is 9.47 Å². The summed E-state index contributed by atoms with van der Waals surface area (Å²) in [7, 11) is 0. The molecule has 19 heavy (non-hydrogen) atoms. The molecule has 3 nitrogen and oxygen atoms in total. The Morgan fingerprint density at radius 3 is 2.53 bits per heavy atom. The maximum Gasteiger partial charge on any atom is 0.159 e. The van der Waals surface area contributed by atoms with Crippen molar-refractivity contribution in [2.24, 2.45) is 0 Å². The predicted octanol–water partition coefficient (Wildman–Crippen LogP) is 3.45. The van der Waals surface area contributed by atoms with E-state index in [2.05, 4.69) is 42.2 Å². The molecule has 0 N–H and O–H groups in total. The summed E-state index contributed by atoms with van der Waals surface area (Å²) in [5.74, 6) is 0. The van der Waals surface area contributed by atoms with E-state index in [4.69, 9.17) is 9.47 Å². The van der Waals surface area contributed by atoms with Crippen LogP contribution in [0, 0.1) is 0 Å². The molecule has 1 fully saturated rings. The molecule has 0 amide bonds. The van der Waals surface area contributed by atoms with E-state index >= 15 is 0 Å². The second kappa shape index (κ2) is 8.18. The fourth-order valence-corrected chi connectivity index (χ4v) is 2.32. The normalized spacial score (nSPS) is 16.5. The Bertz CT molecular complexity index is 336. The van der Waals surface area contributed by atoms with Crippen molar-refractivity contribution in [2.75, 3.05) is 31.2 Å². The highest BCUT2D eigenvalue weighted by Crippen LogP contribution is 2.17. The second-order valence-electron chi connectivity index (χ2n) is 4.99. The molecule has 0 aromatic heterocycles. The molecule has 2 rings (SSSR count). The van der Waals surface area contributed by atoms with Crippen LogP contribution in [0.4, 0.5) is 5.69 Å². The average molecular weight is 263 g/mol. The van der Waals surface area contributed by atoms with Gasteiger partial charge in [0.15, 0.2) is 6.29 Å². The average Bonchev–Trinajstić information content (AvgIpc) is 2.49. The van der Waals surface area contributed by atoms with Crippen LogP contribution < -0.4 is 4.90 Å². The molecule has 1 aliphatic heterocycles. The number of para-hydroxylation sites is 1. The molecular weight excluding hydrogens is 238 g/mol. The fraction of sp³-hybridized carbons (Fsp3) is 0.625. The summed E-state index contributed by atoms with van der Waals surface area (Å²) >= 11 is 0. The molecule has 1 saturated heterocycles. The maximum absolute atomic E-state index is 5.62. The van der Waals surface area contributed by atoms with E-state index in [9.17, 15) is 0 Å². The third kappa shape index (κ3) is 4.84. The van der Waals surface area contributed by atoms with Gasteiger partial charge in [0, 0.05) is 25.2 Å². The molecule has 3 heteroatoms. The second-order valence-corrected chi connectivity index (χ2v) is 4.99. The molecule has 0 radical (unpaired) electrons. The fourth-order valence-electron chi connectivity index (χ4n) is 2.32. The van der Waals surface area contributed by atoms with Crippen molar-refractivity contribution in [3.8, 4) is 0 Å². The first-order valence-electron chi connectivity index (χ1n) is 7.43. The Morgan fingerprint density at radius 1 is 1.11 bits per heavy atom. The molecule has 0 unspecified atom stereocenters. The number of anilines is 1. The summed E-state index contributed by atoms with van der Waals surface area (Å²) in [5, 5.41) is 0. The summed E-state index contributed by atoms with van der Waals surface area (Å²) in [6, 6.07) is 10.6. The number of benzene rings is 1. The van der Waals surface area contributed by atoms with Gasteiger partial charge in [-0.05, 0) is 25.0 Å². The lowest BCUT2D eigenvalue weighted by molar-refractivity contribution is -0.179. The van der Waals surface area contributed by atoms with Crippen LogP contribution in [0.5, 0.6) is 0 Å². The van der Waals surface area contributed by atoms with Crippen molar-refractivity contribution in [3.05, 3.63) is 30.3 Å². The van der Waals surface area contributed by atoms with Gasteiger partial charge in [0.1, 0.15) is 0 Å². The van der Waals surface area contributed by atoms with Crippen molar-refractivity contribution in [1.82, 2.24) is 0 Å². The van der Waals surface area contributed by atoms with Crippen LogP contribution in [0.25, 0.3) is 0 Å². The number of hydrogen-bond donors (Lipinski definition) is 0. The SMILES string of the molecule is CCCCN(CCC1OCCCO1)c1ccccc1. The zero-order chi connectivity index (χ0) is 13.3. The Morgan fingerprint density at radius 2 is 1.84 bits per heavy atom. The molecule has 0 bridgehead atoms. The molecule has 1 aromatic rings. The zero-order valence-corrected chi connectivity index (χ0v) is 11.9. The third-order valence-electron chi connectivity index (χ3n) is 3.43. The first-order valence-corrected chi connectivity index (χ1v) is 7.43. The summed E-state index contributed by atoms with van der Waals surface area (Å²) < 4.78 is 11.2. The largest absolute Gasteiger partial charge is 0.371 e. The minimum atomic E-state index is -0.0124. The first kappa shape index (κ1) is 14.4. The predicted molar refractivity (Wildman–Crippen MR) is 78.5 cm³/mol. The topological polar surface area (TPSA) is 21.7 Å².